The van der Waals surface area contributed by atoms with E-state index in [0.717, 1.165) is 12.8 Å². The summed E-state index contributed by atoms with van der Waals surface area (Å²) >= 11 is 0. The summed E-state index contributed by atoms with van der Waals surface area (Å²) in [5, 5.41) is 6.54. The third kappa shape index (κ3) is 2.06. The molecule has 0 saturated heterocycles. The van der Waals surface area contributed by atoms with Gasteiger partial charge < -0.3 is 4.90 Å². The standard InChI is InChI=1S/C10H14N4O/c1-3-6-14(8-4-5-8)10(15)9-11-7(2)12-13-9/h3,8H,1,4-6H2,2H3,(H,11,12,13). The van der Waals surface area contributed by atoms with Gasteiger partial charge in [0.1, 0.15) is 5.82 Å². The van der Waals surface area contributed by atoms with Crippen molar-refractivity contribution in [2.45, 2.75) is 25.8 Å². The number of nitrogens with one attached hydrogen (secondary N) is 1. The fourth-order valence-electron chi connectivity index (χ4n) is 1.49. The molecule has 80 valence electrons. The van der Waals surface area contributed by atoms with Gasteiger partial charge in [0.2, 0.25) is 5.82 Å². The van der Waals surface area contributed by atoms with E-state index in [1.165, 1.54) is 0 Å². The van der Waals surface area contributed by atoms with Crippen LogP contribution in [-0.4, -0.2) is 38.6 Å². The Morgan fingerprint density at radius 3 is 2.93 bits per heavy atom. The lowest BCUT2D eigenvalue weighted by atomic mass is 10.4. The highest BCUT2D eigenvalue weighted by Crippen LogP contribution is 2.27. The molecule has 0 unspecified atom stereocenters. The van der Waals surface area contributed by atoms with Gasteiger partial charge in [0.25, 0.3) is 5.91 Å². The zero-order valence-corrected chi connectivity index (χ0v) is 8.73. The number of hydrogen-bond donors (Lipinski definition) is 1. The van der Waals surface area contributed by atoms with Gasteiger partial charge in [0, 0.05) is 12.6 Å². The Morgan fingerprint density at radius 2 is 2.47 bits per heavy atom. The van der Waals surface area contributed by atoms with Crippen molar-refractivity contribution in [1.29, 1.82) is 0 Å². The second-order valence-electron chi connectivity index (χ2n) is 3.72. The van der Waals surface area contributed by atoms with E-state index in [9.17, 15) is 4.79 Å². The second kappa shape index (κ2) is 3.84. The highest BCUT2D eigenvalue weighted by molar-refractivity contribution is 5.91. The first-order valence-corrected chi connectivity index (χ1v) is 5.03. The first-order valence-electron chi connectivity index (χ1n) is 5.03. The number of aromatic nitrogens is 3. The van der Waals surface area contributed by atoms with Crippen LogP contribution in [0.4, 0.5) is 0 Å². The van der Waals surface area contributed by atoms with Gasteiger partial charge in [-0.15, -0.1) is 11.7 Å². The molecular formula is C10H14N4O. The van der Waals surface area contributed by atoms with Crippen molar-refractivity contribution in [2.75, 3.05) is 6.54 Å². The molecule has 1 aliphatic rings. The zero-order chi connectivity index (χ0) is 10.8. The summed E-state index contributed by atoms with van der Waals surface area (Å²) in [6.45, 7) is 5.99. The van der Waals surface area contributed by atoms with Gasteiger partial charge >= 0.3 is 0 Å². The van der Waals surface area contributed by atoms with E-state index in [4.69, 9.17) is 0 Å². The largest absolute Gasteiger partial charge is 0.329 e. The molecule has 1 fully saturated rings. The first-order chi connectivity index (χ1) is 7.22. The lowest BCUT2D eigenvalue weighted by Crippen LogP contribution is -2.34. The highest BCUT2D eigenvalue weighted by atomic mass is 16.2. The van der Waals surface area contributed by atoms with Gasteiger partial charge in [-0.3, -0.25) is 9.89 Å². The summed E-state index contributed by atoms with van der Waals surface area (Å²) in [5.74, 6) is 0.802. The number of carbonyl (C=O) groups excluding carboxylic acids is 1. The molecule has 2 rings (SSSR count). The summed E-state index contributed by atoms with van der Waals surface area (Å²) < 4.78 is 0. The maximum absolute atomic E-state index is 12.0. The van der Waals surface area contributed by atoms with Crippen molar-refractivity contribution in [3.8, 4) is 0 Å². The number of nitrogens with zero attached hydrogens (tertiary/aromatic N) is 3. The normalized spacial score (nSPS) is 15.0. The van der Waals surface area contributed by atoms with E-state index in [0.29, 0.717) is 18.4 Å². The minimum atomic E-state index is -0.109. The molecule has 0 atom stereocenters. The molecule has 1 N–H and O–H groups in total. The van der Waals surface area contributed by atoms with Crippen molar-refractivity contribution < 1.29 is 4.79 Å². The molecule has 0 radical (unpaired) electrons. The maximum Gasteiger partial charge on any atom is 0.294 e. The molecule has 0 aliphatic heterocycles. The van der Waals surface area contributed by atoms with Crippen molar-refractivity contribution in [3.63, 3.8) is 0 Å². The minimum Gasteiger partial charge on any atom is -0.329 e. The summed E-state index contributed by atoms with van der Waals surface area (Å²) in [7, 11) is 0. The molecular weight excluding hydrogens is 192 g/mol. The minimum absolute atomic E-state index is 0.109. The average molecular weight is 206 g/mol. The van der Waals surface area contributed by atoms with Crippen molar-refractivity contribution in [2.24, 2.45) is 0 Å². The van der Waals surface area contributed by atoms with Gasteiger partial charge in [0.15, 0.2) is 0 Å². The molecule has 1 aliphatic carbocycles. The van der Waals surface area contributed by atoms with E-state index in [1.807, 2.05) is 0 Å². The first kappa shape index (κ1) is 9.89. The Labute approximate surface area is 88.2 Å². The van der Waals surface area contributed by atoms with Crippen LogP contribution < -0.4 is 0 Å². The predicted octanol–water partition coefficient (Wildman–Crippen LogP) is 0.904. The van der Waals surface area contributed by atoms with Gasteiger partial charge in [0.05, 0.1) is 0 Å². The Bertz CT molecular complexity index is 381. The van der Waals surface area contributed by atoms with Gasteiger partial charge in [-0.1, -0.05) is 6.08 Å². The van der Waals surface area contributed by atoms with E-state index in [1.54, 1.807) is 17.9 Å². The summed E-state index contributed by atoms with van der Waals surface area (Å²) in [4.78, 5) is 17.8. The third-order valence-corrected chi connectivity index (χ3v) is 2.36. The lowest BCUT2D eigenvalue weighted by Gasteiger charge is -2.18. The van der Waals surface area contributed by atoms with E-state index in [-0.39, 0.29) is 11.7 Å². The summed E-state index contributed by atoms with van der Waals surface area (Å²) in [6, 6.07) is 0.356. The number of amides is 1. The second-order valence-corrected chi connectivity index (χ2v) is 3.72. The van der Waals surface area contributed by atoms with E-state index >= 15 is 0 Å². The van der Waals surface area contributed by atoms with Crippen LogP contribution in [0, 0.1) is 6.92 Å². The smallest absolute Gasteiger partial charge is 0.294 e. The molecule has 0 spiro atoms. The number of carbonyl (C=O) groups is 1. The molecule has 0 bridgehead atoms. The molecule has 1 saturated carbocycles. The fraction of sp³-hybridized carbons (Fsp3) is 0.500. The van der Waals surface area contributed by atoms with Crippen molar-refractivity contribution in [3.05, 3.63) is 24.3 Å². The fourth-order valence-corrected chi connectivity index (χ4v) is 1.49. The van der Waals surface area contributed by atoms with Crippen molar-refractivity contribution >= 4 is 5.91 Å². The zero-order valence-electron chi connectivity index (χ0n) is 8.73. The van der Waals surface area contributed by atoms with E-state index in [2.05, 4.69) is 21.8 Å². The van der Waals surface area contributed by atoms with Crippen LogP contribution in [0.2, 0.25) is 0 Å². The van der Waals surface area contributed by atoms with Crippen molar-refractivity contribution in [1.82, 2.24) is 20.1 Å². The number of H-pyrrole nitrogens is 1. The van der Waals surface area contributed by atoms with Crippen LogP contribution in [0.1, 0.15) is 29.3 Å². The molecule has 5 heteroatoms. The molecule has 1 aromatic heterocycles. The van der Waals surface area contributed by atoms with Crippen LogP contribution in [-0.2, 0) is 0 Å². The Balaban J connectivity index is 2.13. The molecule has 1 amide bonds. The van der Waals surface area contributed by atoms with Crippen LogP contribution >= 0.6 is 0 Å². The number of rotatable bonds is 4. The third-order valence-electron chi connectivity index (χ3n) is 2.36. The van der Waals surface area contributed by atoms with Crippen LogP contribution in [0.5, 0.6) is 0 Å². The topological polar surface area (TPSA) is 61.9 Å². The van der Waals surface area contributed by atoms with E-state index < -0.39 is 0 Å². The summed E-state index contributed by atoms with van der Waals surface area (Å²) in [6.07, 6.45) is 3.88. The SMILES string of the molecule is C=CCN(C(=O)c1n[nH]c(C)n1)C1CC1. The van der Waals surface area contributed by atoms with Crippen LogP contribution in [0.3, 0.4) is 0 Å². The number of hydrogen-bond acceptors (Lipinski definition) is 3. The molecule has 1 heterocycles. The molecule has 1 aromatic rings. The number of aryl methyl sites for hydroxylation is 1. The number of aromatic amines is 1. The Hall–Kier alpha value is -1.65. The van der Waals surface area contributed by atoms with Gasteiger partial charge in [-0.05, 0) is 19.8 Å². The molecule has 15 heavy (non-hydrogen) atoms. The lowest BCUT2D eigenvalue weighted by molar-refractivity contribution is 0.0751. The quantitative estimate of drug-likeness (QED) is 0.744. The van der Waals surface area contributed by atoms with Crippen LogP contribution in [0.25, 0.3) is 0 Å². The maximum atomic E-state index is 12.0. The predicted molar refractivity (Wildman–Crippen MR) is 55.4 cm³/mol. The monoisotopic (exact) mass is 206 g/mol. The Morgan fingerprint density at radius 1 is 1.73 bits per heavy atom. The average Bonchev–Trinajstić information content (AvgIpc) is 2.96. The Kier molecular flexibility index (Phi) is 2.53. The highest BCUT2D eigenvalue weighted by Gasteiger charge is 2.33. The van der Waals surface area contributed by atoms with Gasteiger partial charge in [-0.2, -0.15) is 0 Å². The summed E-state index contributed by atoms with van der Waals surface area (Å²) in [5.41, 5.74) is 0. The van der Waals surface area contributed by atoms with Crippen LogP contribution in [0.15, 0.2) is 12.7 Å². The molecule has 5 nitrogen and oxygen atoms in total. The molecule has 0 aromatic carbocycles. The van der Waals surface area contributed by atoms with Gasteiger partial charge in [-0.25, -0.2) is 4.98 Å².